The normalized spacial score (nSPS) is 11.9. The molecule has 11 heteroatoms. The number of thiazole rings is 1. The minimum absolute atomic E-state index is 0. The van der Waals surface area contributed by atoms with Crippen LogP contribution in [-0.4, -0.2) is 27.8 Å². The molecule has 0 unspecified atom stereocenters. The Labute approximate surface area is 200 Å². The summed E-state index contributed by atoms with van der Waals surface area (Å²) in [6.45, 7) is 5.32. The van der Waals surface area contributed by atoms with E-state index in [1.165, 1.54) is 5.56 Å². The summed E-state index contributed by atoms with van der Waals surface area (Å²) in [7, 11) is 1.61. The first-order valence-corrected chi connectivity index (χ1v) is 10.2. The van der Waals surface area contributed by atoms with E-state index in [4.69, 9.17) is 0 Å². The monoisotopic (exact) mass is 564 g/mol. The van der Waals surface area contributed by atoms with E-state index in [1.54, 1.807) is 7.05 Å². The van der Waals surface area contributed by atoms with Crippen LogP contribution in [0.4, 0.5) is 13.2 Å². The Balaban J connectivity index is 0.00000341. The highest BCUT2D eigenvalue weighted by Crippen LogP contribution is 2.29. The first-order valence-electron chi connectivity index (χ1n) is 9.31. The third kappa shape index (κ3) is 6.66. The van der Waals surface area contributed by atoms with Gasteiger partial charge < -0.3 is 10.6 Å². The quantitative estimate of drug-likeness (QED) is 0.263. The zero-order chi connectivity index (χ0) is 21.7. The van der Waals surface area contributed by atoms with Gasteiger partial charge in [-0.3, -0.25) is 9.67 Å². The molecule has 0 aliphatic carbocycles. The van der Waals surface area contributed by atoms with Gasteiger partial charge in [-0.15, -0.1) is 35.3 Å². The van der Waals surface area contributed by atoms with E-state index in [2.05, 4.69) is 37.8 Å². The Bertz CT molecular complexity index is 1010. The van der Waals surface area contributed by atoms with Gasteiger partial charge in [0.2, 0.25) is 0 Å². The number of hydrogen-bond acceptors (Lipinski definition) is 4. The molecule has 3 aromatic rings. The standard InChI is InChI=1S/C20H23F3N6S.HI/c1-13-16(14(2)29(28-13)11-15-7-5-4-6-8-15)9-25-19(24-3)26-10-18-27-17(12-30-18)20(21,22)23;/h4-8,12H,9-11H2,1-3H3,(H2,24,25,26);1H. The van der Waals surface area contributed by atoms with Gasteiger partial charge in [0.25, 0.3) is 0 Å². The molecule has 0 saturated heterocycles. The van der Waals surface area contributed by atoms with Crippen LogP contribution in [0, 0.1) is 13.8 Å². The van der Waals surface area contributed by atoms with E-state index in [-0.39, 0.29) is 30.5 Å². The summed E-state index contributed by atoms with van der Waals surface area (Å²) in [4.78, 5) is 7.74. The average Bonchev–Trinajstić information content (AvgIpc) is 3.29. The van der Waals surface area contributed by atoms with Crippen molar-refractivity contribution in [3.8, 4) is 0 Å². The first-order chi connectivity index (χ1) is 14.3. The maximum Gasteiger partial charge on any atom is 0.434 e. The molecule has 0 bridgehead atoms. The second-order valence-electron chi connectivity index (χ2n) is 6.70. The predicted molar refractivity (Wildman–Crippen MR) is 127 cm³/mol. The number of aryl methyl sites for hydroxylation is 1. The van der Waals surface area contributed by atoms with E-state index in [9.17, 15) is 13.2 Å². The summed E-state index contributed by atoms with van der Waals surface area (Å²) in [6, 6.07) is 10.1. The summed E-state index contributed by atoms with van der Waals surface area (Å²) >= 11 is 0.963. The smallest absolute Gasteiger partial charge is 0.352 e. The number of alkyl halides is 3. The Hall–Kier alpha value is -2.15. The van der Waals surface area contributed by atoms with E-state index in [1.807, 2.05) is 36.7 Å². The van der Waals surface area contributed by atoms with Gasteiger partial charge in [0, 0.05) is 30.2 Å². The van der Waals surface area contributed by atoms with Gasteiger partial charge in [0.05, 0.1) is 18.8 Å². The fourth-order valence-electron chi connectivity index (χ4n) is 2.97. The SMILES string of the molecule is CN=C(NCc1nc(C(F)(F)F)cs1)NCc1c(C)nn(Cc2ccccc2)c1C.I. The lowest BCUT2D eigenvalue weighted by molar-refractivity contribution is -0.140. The number of benzene rings is 1. The lowest BCUT2D eigenvalue weighted by Crippen LogP contribution is -2.36. The van der Waals surface area contributed by atoms with Gasteiger partial charge in [-0.1, -0.05) is 30.3 Å². The molecular formula is C20H24F3IN6S. The van der Waals surface area contributed by atoms with Gasteiger partial charge in [0.15, 0.2) is 11.7 Å². The number of guanidine groups is 1. The summed E-state index contributed by atoms with van der Waals surface area (Å²) in [5, 5.41) is 12.2. The number of aliphatic imine (C=N–C) groups is 1. The zero-order valence-electron chi connectivity index (χ0n) is 17.3. The Morgan fingerprint density at radius 2 is 1.81 bits per heavy atom. The van der Waals surface area contributed by atoms with Crippen LogP contribution in [0.25, 0.3) is 0 Å². The minimum atomic E-state index is -4.43. The summed E-state index contributed by atoms with van der Waals surface area (Å²) < 4.78 is 40.0. The lowest BCUT2D eigenvalue weighted by atomic mass is 10.2. The van der Waals surface area contributed by atoms with E-state index < -0.39 is 11.9 Å². The topological polar surface area (TPSA) is 67.1 Å². The molecule has 2 aromatic heterocycles. The van der Waals surface area contributed by atoms with Gasteiger partial charge in [-0.25, -0.2) is 4.98 Å². The number of hydrogen-bond donors (Lipinski definition) is 2. The molecule has 0 aliphatic heterocycles. The summed E-state index contributed by atoms with van der Waals surface area (Å²) in [5.41, 5.74) is 3.32. The predicted octanol–water partition coefficient (Wildman–Crippen LogP) is 4.51. The van der Waals surface area contributed by atoms with Gasteiger partial charge in [-0.2, -0.15) is 18.3 Å². The molecule has 2 heterocycles. The summed E-state index contributed by atoms with van der Waals surface area (Å²) in [5.74, 6) is 0.480. The second kappa shape index (κ2) is 10.9. The first kappa shape index (κ1) is 25.1. The second-order valence-corrected chi connectivity index (χ2v) is 7.64. The molecule has 0 saturated carbocycles. The van der Waals surface area contributed by atoms with Crippen LogP contribution in [0.1, 0.15) is 33.2 Å². The molecule has 0 fully saturated rings. The Morgan fingerprint density at radius 1 is 1.13 bits per heavy atom. The largest absolute Gasteiger partial charge is 0.434 e. The van der Waals surface area contributed by atoms with Crippen LogP contribution >= 0.6 is 35.3 Å². The summed E-state index contributed by atoms with van der Waals surface area (Å²) in [6.07, 6.45) is -4.43. The number of rotatable bonds is 6. The average molecular weight is 564 g/mol. The molecule has 0 radical (unpaired) electrons. The maximum atomic E-state index is 12.7. The Kier molecular flexibility index (Phi) is 8.86. The van der Waals surface area contributed by atoms with Gasteiger partial charge >= 0.3 is 6.18 Å². The van der Waals surface area contributed by atoms with Crippen LogP contribution < -0.4 is 10.6 Å². The van der Waals surface area contributed by atoms with Crippen molar-refractivity contribution in [3.63, 3.8) is 0 Å². The molecule has 0 atom stereocenters. The molecule has 1 aromatic carbocycles. The van der Waals surface area contributed by atoms with Crippen LogP contribution in [0.3, 0.4) is 0 Å². The van der Waals surface area contributed by atoms with Crippen LogP contribution in [0.15, 0.2) is 40.7 Å². The molecule has 0 aliphatic rings. The molecule has 6 nitrogen and oxygen atoms in total. The molecular weight excluding hydrogens is 540 g/mol. The molecule has 0 amide bonds. The van der Waals surface area contributed by atoms with Gasteiger partial charge in [0.1, 0.15) is 5.01 Å². The van der Waals surface area contributed by atoms with Crippen molar-refractivity contribution in [2.45, 2.75) is 39.7 Å². The van der Waals surface area contributed by atoms with Crippen molar-refractivity contribution in [3.05, 3.63) is 68.9 Å². The highest BCUT2D eigenvalue weighted by atomic mass is 127. The highest BCUT2D eigenvalue weighted by Gasteiger charge is 2.33. The fraction of sp³-hybridized carbons (Fsp3) is 0.350. The number of nitrogens with one attached hydrogen (secondary N) is 2. The molecule has 3 rings (SSSR count). The Morgan fingerprint density at radius 3 is 2.42 bits per heavy atom. The minimum Gasteiger partial charge on any atom is -0.352 e. The van der Waals surface area contributed by atoms with Gasteiger partial charge in [-0.05, 0) is 19.4 Å². The van der Waals surface area contributed by atoms with Crippen molar-refractivity contribution in [1.29, 1.82) is 0 Å². The third-order valence-electron chi connectivity index (χ3n) is 4.61. The van der Waals surface area contributed by atoms with E-state index in [0.717, 1.165) is 33.7 Å². The number of halogens is 4. The van der Waals surface area contributed by atoms with Crippen molar-refractivity contribution in [2.24, 2.45) is 4.99 Å². The lowest BCUT2D eigenvalue weighted by Gasteiger charge is -2.11. The molecule has 2 N–H and O–H groups in total. The van der Waals surface area contributed by atoms with E-state index in [0.29, 0.717) is 24.1 Å². The van der Waals surface area contributed by atoms with Crippen LogP contribution in [0.5, 0.6) is 0 Å². The third-order valence-corrected chi connectivity index (χ3v) is 5.46. The molecule has 31 heavy (non-hydrogen) atoms. The van der Waals surface area contributed by atoms with Crippen LogP contribution in [0.2, 0.25) is 0 Å². The molecule has 0 spiro atoms. The van der Waals surface area contributed by atoms with Crippen molar-refractivity contribution in [2.75, 3.05) is 7.05 Å². The number of aromatic nitrogens is 3. The zero-order valence-corrected chi connectivity index (χ0v) is 20.5. The highest BCUT2D eigenvalue weighted by molar-refractivity contribution is 14.0. The van der Waals surface area contributed by atoms with Crippen molar-refractivity contribution >= 4 is 41.3 Å². The molecule has 168 valence electrons. The number of nitrogens with zero attached hydrogens (tertiary/aromatic N) is 4. The fourth-order valence-corrected chi connectivity index (χ4v) is 3.72. The van der Waals surface area contributed by atoms with Crippen molar-refractivity contribution < 1.29 is 13.2 Å². The maximum absolute atomic E-state index is 12.7. The van der Waals surface area contributed by atoms with Crippen molar-refractivity contribution in [1.82, 2.24) is 25.4 Å². The van der Waals surface area contributed by atoms with E-state index >= 15 is 0 Å². The van der Waals surface area contributed by atoms with Crippen LogP contribution in [-0.2, 0) is 25.8 Å².